The molecule has 1 aliphatic rings. The number of hydrogen-bond acceptors (Lipinski definition) is 3. The molecule has 2 N–H and O–H groups in total. The van der Waals surface area contributed by atoms with Crippen LogP contribution in [0.4, 0.5) is 5.69 Å². The topological polar surface area (TPSA) is 54.0 Å². The lowest BCUT2D eigenvalue weighted by atomic mass is 9.87. The number of nitrogens with zero attached hydrogens (tertiary/aromatic N) is 1. The number of anilines is 1. The SMILES string of the molecule is CCNCCCc1ccc2c(NC(=O)CC3CCCCC3)c(C)ccc2n1.Cl.Cl. The van der Waals surface area contributed by atoms with Gasteiger partial charge < -0.3 is 10.6 Å². The van der Waals surface area contributed by atoms with E-state index in [1.807, 2.05) is 0 Å². The first-order chi connectivity index (χ1) is 13.2. The molecule has 1 amide bonds. The fraction of sp³-hybridized carbons (Fsp3) is 0.565. The number of hydrogen-bond donors (Lipinski definition) is 2. The Kier molecular flexibility index (Phi) is 11.6. The first kappa shape index (κ1) is 25.7. The number of carbonyl (C=O) groups excluding carboxylic acids is 1. The van der Waals surface area contributed by atoms with Crippen LogP contribution in [0.5, 0.6) is 0 Å². The largest absolute Gasteiger partial charge is 0.325 e. The van der Waals surface area contributed by atoms with E-state index >= 15 is 0 Å². The van der Waals surface area contributed by atoms with Crippen LogP contribution >= 0.6 is 24.8 Å². The van der Waals surface area contributed by atoms with Crippen LogP contribution in [0.1, 0.15) is 63.1 Å². The van der Waals surface area contributed by atoms with E-state index in [4.69, 9.17) is 4.98 Å². The van der Waals surface area contributed by atoms with Gasteiger partial charge in [-0.2, -0.15) is 0 Å². The lowest BCUT2D eigenvalue weighted by Crippen LogP contribution is -2.19. The lowest BCUT2D eigenvalue weighted by Gasteiger charge is -2.21. The monoisotopic (exact) mass is 439 g/mol. The molecule has 2 aromatic rings. The Morgan fingerprint density at radius 1 is 1.10 bits per heavy atom. The van der Waals surface area contributed by atoms with Gasteiger partial charge in [-0.25, -0.2) is 0 Å². The second-order valence-corrected chi connectivity index (χ2v) is 7.84. The fourth-order valence-electron chi connectivity index (χ4n) is 4.08. The summed E-state index contributed by atoms with van der Waals surface area (Å²) in [6.45, 7) is 6.21. The lowest BCUT2D eigenvalue weighted by molar-refractivity contribution is -0.117. The Morgan fingerprint density at radius 2 is 1.86 bits per heavy atom. The molecule has 0 spiro atoms. The summed E-state index contributed by atoms with van der Waals surface area (Å²) in [5, 5.41) is 7.59. The molecule has 1 aromatic carbocycles. The number of benzene rings is 1. The van der Waals surface area contributed by atoms with Gasteiger partial charge in [0.25, 0.3) is 0 Å². The van der Waals surface area contributed by atoms with Gasteiger partial charge in [0, 0.05) is 17.5 Å². The normalized spacial score (nSPS) is 14.1. The van der Waals surface area contributed by atoms with Crippen molar-refractivity contribution in [2.45, 2.75) is 65.2 Å². The summed E-state index contributed by atoms with van der Waals surface area (Å²) in [5.41, 5.74) is 4.11. The summed E-state index contributed by atoms with van der Waals surface area (Å²) >= 11 is 0. The molecule has 29 heavy (non-hydrogen) atoms. The van der Waals surface area contributed by atoms with E-state index in [2.05, 4.69) is 48.7 Å². The van der Waals surface area contributed by atoms with Crippen LogP contribution in [0.25, 0.3) is 10.9 Å². The molecule has 0 saturated heterocycles. The van der Waals surface area contributed by atoms with E-state index < -0.39 is 0 Å². The molecule has 1 saturated carbocycles. The number of amides is 1. The van der Waals surface area contributed by atoms with Crippen molar-refractivity contribution in [3.8, 4) is 0 Å². The molecular formula is C23H35Cl2N3O. The van der Waals surface area contributed by atoms with Gasteiger partial charge in [-0.3, -0.25) is 9.78 Å². The first-order valence-electron chi connectivity index (χ1n) is 10.6. The highest BCUT2D eigenvalue weighted by atomic mass is 35.5. The molecule has 1 fully saturated rings. The van der Waals surface area contributed by atoms with Crippen molar-refractivity contribution in [2.75, 3.05) is 18.4 Å². The molecule has 1 aliphatic carbocycles. The van der Waals surface area contributed by atoms with Gasteiger partial charge in [0.15, 0.2) is 0 Å². The standard InChI is InChI=1S/C23H33N3O.2ClH/c1-3-24-15-7-10-19-12-13-20-21(25-19)14-11-17(2)23(20)26-22(27)16-18-8-5-4-6-9-18;;/h11-14,18,24H,3-10,15-16H2,1-2H3,(H,26,27);2*1H. The van der Waals surface area contributed by atoms with E-state index in [-0.39, 0.29) is 30.7 Å². The van der Waals surface area contributed by atoms with Crippen LogP contribution in [0.15, 0.2) is 24.3 Å². The zero-order chi connectivity index (χ0) is 19.1. The van der Waals surface area contributed by atoms with Gasteiger partial charge in [0.1, 0.15) is 0 Å². The Hall–Kier alpha value is -1.36. The third kappa shape index (κ3) is 7.44. The van der Waals surface area contributed by atoms with Gasteiger partial charge in [-0.15, -0.1) is 24.8 Å². The Morgan fingerprint density at radius 3 is 2.59 bits per heavy atom. The van der Waals surface area contributed by atoms with E-state index in [1.54, 1.807) is 0 Å². The fourth-order valence-corrected chi connectivity index (χ4v) is 4.08. The van der Waals surface area contributed by atoms with Crippen molar-refractivity contribution in [1.82, 2.24) is 10.3 Å². The third-order valence-corrected chi connectivity index (χ3v) is 5.64. The summed E-state index contributed by atoms with van der Waals surface area (Å²) in [7, 11) is 0. The minimum absolute atomic E-state index is 0. The number of carbonyl (C=O) groups is 1. The molecule has 1 aromatic heterocycles. The zero-order valence-electron chi connectivity index (χ0n) is 17.6. The minimum atomic E-state index is 0. The van der Waals surface area contributed by atoms with E-state index in [0.717, 1.165) is 53.8 Å². The van der Waals surface area contributed by atoms with Crippen molar-refractivity contribution >= 4 is 47.3 Å². The van der Waals surface area contributed by atoms with E-state index in [0.29, 0.717) is 12.3 Å². The Balaban J connectivity index is 0.00000210. The second-order valence-electron chi connectivity index (χ2n) is 7.84. The summed E-state index contributed by atoms with van der Waals surface area (Å²) in [5.74, 6) is 0.697. The molecule has 3 rings (SSSR count). The predicted molar refractivity (Wildman–Crippen MR) is 128 cm³/mol. The Bertz CT molecular complexity index is 776. The van der Waals surface area contributed by atoms with Crippen LogP contribution in [-0.4, -0.2) is 24.0 Å². The molecule has 1 heterocycles. The molecular weight excluding hydrogens is 405 g/mol. The van der Waals surface area contributed by atoms with Gasteiger partial charge >= 0.3 is 0 Å². The number of fused-ring (bicyclic) bond motifs is 1. The molecule has 0 unspecified atom stereocenters. The van der Waals surface area contributed by atoms with E-state index in [1.165, 1.54) is 32.1 Å². The molecule has 162 valence electrons. The third-order valence-electron chi connectivity index (χ3n) is 5.64. The van der Waals surface area contributed by atoms with Crippen LogP contribution < -0.4 is 10.6 Å². The zero-order valence-corrected chi connectivity index (χ0v) is 19.3. The molecule has 0 aliphatic heterocycles. The van der Waals surface area contributed by atoms with E-state index in [9.17, 15) is 4.79 Å². The van der Waals surface area contributed by atoms with Crippen LogP contribution in [0, 0.1) is 12.8 Å². The maximum Gasteiger partial charge on any atom is 0.224 e. The average molecular weight is 440 g/mol. The summed E-state index contributed by atoms with van der Waals surface area (Å²) in [6, 6.07) is 8.35. The van der Waals surface area contributed by atoms with Crippen molar-refractivity contribution in [2.24, 2.45) is 5.92 Å². The van der Waals surface area contributed by atoms with Gasteiger partial charge in [-0.05, 0) is 75.4 Å². The number of aromatic nitrogens is 1. The number of pyridine rings is 1. The van der Waals surface area contributed by atoms with Crippen molar-refractivity contribution in [3.05, 3.63) is 35.5 Å². The molecule has 0 bridgehead atoms. The minimum Gasteiger partial charge on any atom is -0.325 e. The van der Waals surface area contributed by atoms with Gasteiger partial charge in [0.2, 0.25) is 5.91 Å². The van der Waals surface area contributed by atoms with Crippen LogP contribution in [0.2, 0.25) is 0 Å². The summed E-state index contributed by atoms with van der Waals surface area (Å²) < 4.78 is 0. The molecule has 0 atom stereocenters. The number of rotatable bonds is 8. The van der Waals surface area contributed by atoms with Crippen LogP contribution in [0.3, 0.4) is 0 Å². The second kappa shape index (κ2) is 13.0. The molecule has 6 heteroatoms. The van der Waals surface area contributed by atoms with Gasteiger partial charge in [-0.1, -0.05) is 32.3 Å². The predicted octanol–water partition coefficient (Wildman–Crippen LogP) is 5.84. The summed E-state index contributed by atoms with van der Waals surface area (Å²) in [6.07, 6.45) is 8.95. The molecule has 4 nitrogen and oxygen atoms in total. The highest BCUT2D eigenvalue weighted by molar-refractivity contribution is 6.02. The maximum absolute atomic E-state index is 12.6. The van der Waals surface area contributed by atoms with Crippen molar-refractivity contribution in [3.63, 3.8) is 0 Å². The highest BCUT2D eigenvalue weighted by Gasteiger charge is 2.18. The molecule has 0 radical (unpaired) electrons. The maximum atomic E-state index is 12.6. The van der Waals surface area contributed by atoms with Gasteiger partial charge in [0.05, 0.1) is 11.2 Å². The van der Waals surface area contributed by atoms with Crippen molar-refractivity contribution in [1.29, 1.82) is 0 Å². The highest BCUT2D eigenvalue weighted by Crippen LogP contribution is 2.29. The van der Waals surface area contributed by atoms with Crippen LogP contribution in [-0.2, 0) is 11.2 Å². The smallest absolute Gasteiger partial charge is 0.224 e. The number of halogens is 2. The number of aryl methyl sites for hydroxylation is 2. The summed E-state index contributed by atoms with van der Waals surface area (Å²) in [4.78, 5) is 17.4. The first-order valence-corrected chi connectivity index (χ1v) is 10.6. The van der Waals surface area contributed by atoms with Crippen molar-refractivity contribution < 1.29 is 4.79 Å². The number of nitrogens with one attached hydrogen (secondary N) is 2. The Labute approximate surface area is 187 Å². The average Bonchev–Trinajstić information content (AvgIpc) is 2.68. The quantitative estimate of drug-likeness (QED) is 0.507.